The summed E-state index contributed by atoms with van der Waals surface area (Å²) < 4.78 is 13.6. The Morgan fingerprint density at radius 3 is 2.58 bits per heavy atom. The zero-order chi connectivity index (χ0) is 14.9. The first-order valence-electron chi connectivity index (χ1n) is 5.11. The van der Waals surface area contributed by atoms with Crippen molar-refractivity contribution < 1.29 is 28.5 Å². The maximum atomic E-state index is 11.8. The van der Waals surface area contributed by atoms with Gasteiger partial charge in [-0.1, -0.05) is 11.8 Å². The Hall–Kier alpha value is -1.04. The summed E-state index contributed by atoms with van der Waals surface area (Å²) in [7, 11) is 2.26. The smallest absolute Gasteiger partial charge is 0.323 e. The van der Waals surface area contributed by atoms with Gasteiger partial charge in [-0.05, 0) is 0 Å². The molecule has 0 amide bonds. The number of carbonyl (C=O) groups excluding carboxylic acids is 2. The summed E-state index contributed by atoms with van der Waals surface area (Å²) in [5.41, 5.74) is 0. The van der Waals surface area contributed by atoms with Crippen LogP contribution < -0.4 is 9.98 Å². The maximum Gasteiger partial charge on any atom is 0.323 e. The highest BCUT2D eigenvalue weighted by atomic mass is 32.5. The highest BCUT2D eigenvalue weighted by Crippen LogP contribution is 2.33. The number of methoxy groups -OCH3 is 2. The summed E-state index contributed by atoms with van der Waals surface area (Å²) in [5.74, 6) is -1.52. The number of esters is 2. The molecule has 1 N–H and O–H groups in total. The van der Waals surface area contributed by atoms with Crippen LogP contribution in [-0.2, 0) is 35.4 Å². The number of hydrogen-bond acceptors (Lipinski definition) is 8. The van der Waals surface area contributed by atoms with Crippen LogP contribution in [0.15, 0.2) is 0 Å². The molecule has 0 bridgehead atoms. The average molecular weight is 309 g/mol. The van der Waals surface area contributed by atoms with Gasteiger partial charge in [-0.3, -0.25) is 14.7 Å². The predicted molar refractivity (Wildman–Crippen MR) is 66.0 cm³/mol. The van der Waals surface area contributed by atoms with E-state index in [4.69, 9.17) is 9.79 Å². The minimum absolute atomic E-state index is 0.00219. The van der Waals surface area contributed by atoms with Crippen molar-refractivity contribution in [1.82, 2.24) is 5.09 Å². The number of ether oxygens (including phenoxy) is 2. The van der Waals surface area contributed by atoms with E-state index in [1.807, 2.05) is 0 Å². The maximum absolute atomic E-state index is 11.8. The predicted octanol–water partition coefficient (Wildman–Crippen LogP) is -0.804. The van der Waals surface area contributed by atoms with Crippen LogP contribution in [0, 0.1) is 11.3 Å². The molecule has 0 aromatic rings. The van der Waals surface area contributed by atoms with E-state index in [0.29, 0.717) is 0 Å². The highest BCUT2D eigenvalue weighted by molar-refractivity contribution is 8.07. The molecular weight excluding hydrogens is 295 g/mol. The Morgan fingerprint density at radius 1 is 1.47 bits per heavy atom. The molecule has 0 aliphatic heterocycles. The van der Waals surface area contributed by atoms with Gasteiger partial charge in [0, 0.05) is 0 Å². The normalized spacial score (nSPS) is 14.8. The van der Waals surface area contributed by atoms with Gasteiger partial charge in [-0.2, -0.15) is 5.26 Å². The van der Waals surface area contributed by atoms with Crippen molar-refractivity contribution in [3.8, 4) is 6.07 Å². The van der Waals surface area contributed by atoms with E-state index in [9.17, 15) is 14.5 Å². The summed E-state index contributed by atoms with van der Waals surface area (Å²) in [6.07, 6.45) is -0.395. The van der Waals surface area contributed by atoms with Crippen molar-refractivity contribution in [2.45, 2.75) is 18.9 Å². The van der Waals surface area contributed by atoms with Crippen LogP contribution in [-0.4, -0.2) is 38.8 Å². The standard InChI is InChI=1S/C9H15N2O6PS/c1-15-8(12)6-7(9(13)16-2)11-18(14,19)17-5-3-4-10/h7H,3,5-6H2,1-2H3,(H2,11,14,19)/p-1. The highest BCUT2D eigenvalue weighted by Gasteiger charge is 2.25. The van der Waals surface area contributed by atoms with Crippen molar-refractivity contribution in [3.05, 3.63) is 0 Å². The topological polar surface area (TPSA) is 121 Å². The van der Waals surface area contributed by atoms with Crippen LogP contribution in [0.4, 0.5) is 0 Å². The lowest BCUT2D eigenvalue weighted by atomic mass is 10.2. The van der Waals surface area contributed by atoms with Crippen molar-refractivity contribution in [3.63, 3.8) is 0 Å². The summed E-state index contributed by atoms with van der Waals surface area (Å²) in [6.45, 7) is -3.88. The zero-order valence-corrected chi connectivity index (χ0v) is 12.2. The molecule has 0 saturated carbocycles. The number of nitriles is 1. The second-order valence-corrected chi connectivity index (χ2v) is 6.18. The monoisotopic (exact) mass is 309 g/mol. The van der Waals surface area contributed by atoms with Crippen LogP contribution in [0.2, 0.25) is 0 Å². The molecule has 19 heavy (non-hydrogen) atoms. The number of carbonyl (C=O) groups is 2. The lowest BCUT2D eigenvalue weighted by Crippen LogP contribution is -2.40. The van der Waals surface area contributed by atoms with E-state index in [-0.39, 0.29) is 13.0 Å². The second kappa shape index (κ2) is 8.96. The molecule has 0 aliphatic rings. The molecule has 0 aromatic heterocycles. The fourth-order valence-electron chi connectivity index (χ4n) is 1.01. The first-order chi connectivity index (χ1) is 8.86. The van der Waals surface area contributed by atoms with E-state index in [1.165, 1.54) is 0 Å². The first kappa shape index (κ1) is 18.0. The second-order valence-electron chi connectivity index (χ2n) is 3.22. The van der Waals surface area contributed by atoms with Crippen LogP contribution in [0.25, 0.3) is 0 Å². The van der Waals surface area contributed by atoms with E-state index in [1.54, 1.807) is 6.07 Å². The van der Waals surface area contributed by atoms with Gasteiger partial charge in [0.25, 0.3) is 0 Å². The molecule has 0 saturated heterocycles. The molecule has 0 aromatic carbocycles. The van der Waals surface area contributed by atoms with E-state index < -0.39 is 31.0 Å². The summed E-state index contributed by atoms with van der Waals surface area (Å²) in [6, 6.07) is 0.550. The molecular formula is C9H14N2O6PS-. The van der Waals surface area contributed by atoms with Gasteiger partial charge in [0.05, 0.1) is 46.4 Å². The molecule has 0 spiro atoms. The van der Waals surface area contributed by atoms with Gasteiger partial charge in [0.15, 0.2) is 0 Å². The van der Waals surface area contributed by atoms with E-state index >= 15 is 0 Å². The average Bonchev–Trinajstić information content (AvgIpc) is 2.36. The SMILES string of the molecule is COC(=O)CC(NP([O-])(=S)OCCC#N)C(=O)OC. The third-order valence-electron chi connectivity index (χ3n) is 1.87. The van der Waals surface area contributed by atoms with Crippen LogP contribution in [0.1, 0.15) is 12.8 Å². The Kier molecular flexibility index (Phi) is 8.47. The van der Waals surface area contributed by atoms with Crippen LogP contribution in [0.3, 0.4) is 0 Å². The Bertz CT molecular complexity index is 410. The molecule has 2 atom stereocenters. The van der Waals surface area contributed by atoms with Gasteiger partial charge in [0.1, 0.15) is 6.04 Å². The van der Waals surface area contributed by atoms with Crippen LogP contribution >= 0.6 is 6.64 Å². The molecule has 2 unspecified atom stereocenters. The van der Waals surface area contributed by atoms with Crippen molar-refractivity contribution in [1.29, 1.82) is 5.26 Å². The number of nitrogens with one attached hydrogen (secondary N) is 1. The fraction of sp³-hybridized carbons (Fsp3) is 0.667. The Morgan fingerprint density at radius 2 is 2.11 bits per heavy atom. The summed E-state index contributed by atoms with van der Waals surface area (Å²) >= 11 is 4.64. The third kappa shape index (κ3) is 7.87. The number of rotatable bonds is 8. The molecule has 108 valence electrons. The van der Waals surface area contributed by atoms with Gasteiger partial charge < -0.3 is 18.9 Å². The summed E-state index contributed by atoms with van der Waals surface area (Å²) in [5, 5.41) is 10.5. The van der Waals surface area contributed by atoms with Gasteiger partial charge in [0.2, 0.25) is 0 Å². The molecule has 0 rings (SSSR count). The third-order valence-corrected chi connectivity index (χ3v) is 3.66. The van der Waals surface area contributed by atoms with Crippen molar-refractivity contribution >= 4 is 30.4 Å². The fourth-order valence-corrected chi connectivity index (χ4v) is 2.60. The lowest BCUT2D eigenvalue weighted by molar-refractivity contribution is -0.187. The van der Waals surface area contributed by atoms with E-state index in [0.717, 1.165) is 14.2 Å². The Labute approximate surface area is 115 Å². The molecule has 0 heterocycles. The largest absolute Gasteiger partial charge is 0.789 e. The Balaban J connectivity index is 4.62. The molecule has 0 fully saturated rings. The minimum atomic E-state index is -3.74. The quantitative estimate of drug-likeness (QED) is 0.349. The zero-order valence-electron chi connectivity index (χ0n) is 10.5. The molecule has 10 heteroatoms. The van der Waals surface area contributed by atoms with Crippen molar-refractivity contribution in [2.75, 3.05) is 20.8 Å². The van der Waals surface area contributed by atoms with Crippen LogP contribution in [0.5, 0.6) is 0 Å². The molecule has 8 nitrogen and oxygen atoms in total. The molecule has 0 aliphatic carbocycles. The van der Waals surface area contributed by atoms with Crippen molar-refractivity contribution in [2.24, 2.45) is 0 Å². The van der Waals surface area contributed by atoms with Gasteiger partial charge in [-0.25, -0.2) is 0 Å². The first-order valence-corrected chi connectivity index (χ1v) is 7.75. The molecule has 0 radical (unpaired) electrons. The van der Waals surface area contributed by atoms with Gasteiger partial charge in [-0.15, -0.1) is 0 Å². The minimum Gasteiger partial charge on any atom is -0.789 e. The summed E-state index contributed by atoms with van der Waals surface area (Å²) in [4.78, 5) is 34.3. The number of nitrogens with zero attached hydrogens (tertiary/aromatic N) is 1. The van der Waals surface area contributed by atoms with E-state index in [2.05, 4.69) is 26.4 Å². The number of hydrogen-bond donors (Lipinski definition) is 1. The lowest BCUT2D eigenvalue weighted by Gasteiger charge is -2.31. The van der Waals surface area contributed by atoms with Gasteiger partial charge >= 0.3 is 11.9 Å².